The third kappa shape index (κ3) is 7.29. The van der Waals surface area contributed by atoms with Crippen LogP contribution in [0.4, 0.5) is 0 Å². The molecule has 0 fully saturated rings. The van der Waals surface area contributed by atoms with E-state index in [0.29, 0.717) is 30.3 Å². The SMILES string of the molecule is COCCOc1ccccc1C(=O)NC(=S)NNC(=O)COc1ccccc1-c1ccccc1. The van der Waals surface area contributed by atoms with E-state index in [4.69, 9.17) is 26.4 Å². The van der Waals surface area contributed by atoms with Gasteiger partial charge in [0.25, 0.3) is 11.8 Å². The largest absolute Gasteiger partial charge is 0.490 e. The van der Waals surface area contributed by atoms with Gasteiger partial charge in [0.05, 0.1) is 12.2 Å². The summed E-state index contributed by atoms with van der Waals surface area (Å²) >= 11 is 5.10. The van der Waals surface area contributed by atoms with E-state index >= 15 is 0 Å². The number of amides is 2. The highest BCUT2D eigenvalue weighted by atomic mass is 32.1. The van der Waals surface area contributed by atoms with Crippen LogP contribution >= 0.6 is 12.2 Å². The standard InChI is InChI=1S/C25H25N3O5S/c1-31-15-16-32-22-14-8-6-12-20(22)24(30)26-25(34)28-27-23(29)17-33-21-13-7-5-11-19(21)18-9-3-2-4-10-18/h2-14H,15-17H2,1H3,(H,27,29)(H2,26,28,30,34). The molecule has 0 saturated carbocycles. The van der Waals surface area contributed by atoms with Gasteiger partial charge in [0, 0.05) is 12.7 Å². The van der Waals surface area contributed by atoms with Crippen LogP contribution in [0.3, 0.4) is 0 Å². The van der Waals surface area contributed by atoms with Crippen molar-refractivity contribution >= 4 is 29.1 Å². The Kier molecular flexibility index (Phi) is 9.39. The molecule has 0 spiro atoms. The zero-order valence-electron chi connectivity index (χ0n) is 18.6. The molecule has 3 rings (SSSR count). The lowest BCUT2D eigenvalue weighted by Gasteiger charge is -2.14. The highest BCUT2D eigenvalue weighted by molar-refractivity contribution is 7.80. The summed E-state index contributed by atoms with van der Waals surface area (Å²) in [4.78, 5) is 24.8. The average Bonchev–Trinajstić information content (AvgIpc) is 2.87. The number of ether oxygens (including phenoxy) is 3. The molecule has 0 radical (unpaired) electrons. The van der Waals surface area contributed by atoms with Crippen LogP contribution in [-0.4, -0.2) is 43.9 Å². The summed E-state index contributed by atoms with van der Waals surface area (Å²) < 4.78 is 16.2. The minimum absolute atomic E-state index is 0.0743. The summed E-state index contributed by atoms with van der Waals surface area (Å²) in [7, 11) is 1.56. The van der Waals surface area contributed by atoms with Crippen LogP contribution < -0.4 is 25.6 Å². The first kappa shape index (κ1) is 24.7. The summed E-state index contributed by atoms with van der Waals surface area (Å²) in [5.74, 6) is 0.0229. The van der Waals surface area contributed by atoms with Gasteiger partial charge in [0.2, 0.25) is 0 Å². The molecular formula is C25H25N3O5S. The van der Waals surface area contributed by atoms with Gasteiger partial charge in [-0.1, -0.05) is 60.7 Å². The first-order chi connectivity index (χ1) is 16.6. The van der Waals surface area contributed by atoms with E-state index in [2.05, 4.69) is 16.2 Å². The second-order valence-electron chi connectivity index (χ2n) is 6.94. The Hall–Kier alpha value is -3.95. The fourth-order valence-electron chi connectivity index (χ4n) is 2.97. The highest BCUT2D eigenvalue weighted by Crippen LogP contribution is 2.29. The van der Waals surface area contributed by atoms with Gasteiger partial charge in [-0.3, -0.25) is 25.8 Å². The summed E-state index contributed by atoms with van der Waals surface area (Å²) in [5.41, 5.74) is 7.06. The number of nitrogens with one attached hydrogen (secondary N) is 3. The lowest BCUT2D eigenvalue weighted by atomic mass is 10.1. The number of carbonyl (C=O) groups excluding carboxylic acids is 2. The first-order valence-corrected chi connectivity index (χ1v) is 10.9. The molecule has 0 aliphatic heterocycles. The number of benzene rings is 3. The minimum Gasteiger partial charge on any atom is -0.490 e. The number of methoxy groups -OCH3 is 1. The Balaban J connectivity index is 1.48. The molecule has 0 aromatic heterocycles. The molecule has 3 aromatic carbocycles. The van der Waals surface area contributed by atoms with Gasteiger partial charge in [0.15, 0.2) is 11.7 Å². The molecule has 0 aliphatic rings. The Labute approximate surface area is 203 Å². The number of thiocarbonyl (C=S) groups is 1. The van der Waals surface area contributed by atoms with Crippen LogP contribution in [0.5, 0.6) is 11.5 Å². The fraction of sp³-hybridized carbons (Fsp3) is 0.160. The van der Waals surface area contributed by atoms with Gasteiger partial charge in [-0.2, -0.15) is 0 Å². The summed E-state index contributed by atoms with van der Waals surface area (Å²) in [5, 5.41) is 2.43. The van der Waals surface area contributed by atoms with E-state index in [-0.39, 0.29) is 11.7 Å². The summed E-state index contributed by atoms with van der Waals surface area (Å²) in [6.07, 6.45) is 0. The van der Waals surface area contributed by atoms with Crippen LogP contribution in [0, 0.1) is 0 Å². The number of hydrogen-bond donors (Lipinski definition) is 3. The lowest BCUT2D eigenvalue weighted by molar-refractivity contribution is -0.123. The van der Waals surface area contributed by atoms with Crippen LogP contribution in [0.25, 0.3) is 11.1 Å². The Morgan fingerprint density at radius 3 is 2.24 bits per heavy atom. The maximum atomic E-state index is 12.5. The van der Waals surface area contributed by atoms with Crippen molar-refractivity contribution in [3.63, 3.8) is 0 Å². The minimum atomic E-state index is -0.479. The van der Waals surface area contributed by atoms with E-state index in [1.807, 2.05) is 48.5 Å². The third-order valence-electron chi connectivity index (χ3n) is 4.55. The molecule has 0 saturated heterocycles. The van der Waals surface area contributed by atoms with Crippen molar-refractivity contribution in [3.8, 4) is 22.6 Å². The molecule has 176 valence electrons. The Bertz CT molecular complexity index is 1120. The van der Waals surface area contributed by atoms with Crippen LogP contribution in [0.1, 0.15) is 10.4 Å². The molecule has 9 heteroatoms. The van der Waals surface area contributed by atoms with E-state index in [9.17, 15) is 9.59 Å². The first-order valence-electron chi connectivity index (χ1n) is 10.5. The van der Waals surface area contributed by atoms with Gasteiger partial charge in [-0.05, 0) is 36.0 Å². The zero-order valence-corrected chi connectivity index (χ0v) is 19.4. The summed E-state index contributed by atoms with van der Waals surface area (Å²) in [6.45, 7) is 0.441. The molecule has 0 aliphatic carbocycles. The van der Waals surface area contributed by atoms with E-state index in [0.717, 1.165) is 11.1 Å². The van der Waals surface area contributed by atoms with Gasteiger partial charge < -0.3 is 14.2 Å². The van der Waals surface area contributed by atoms with Crippen LogP contribution in [-0.2, 0) is 9.53 Å². The molecule has 3 aromatic rings. The van der Waals surface area contributed by atoms with Crippen molar-refractivity contribution in [2.75, 3.05) is 26.9 Å². The van der Waals surface area contributed by atoms with Gasteiger partial charge >= 0.3 is 0 Å². The van der Waals surface area contributed by atoms with Gasteiger partial charge in [-0.15, -0.1) is 0 Å². The lowest BCUT2D eigenvalue weighted by Crippen LogP contribution is -2.49. The van der Waals surface area contributed by atoms with Crippen LogP contribution in [0.15, 0.2) is 78.9 Å². The van der Waals surface area contributed by atoms with E-state index < -0.39 is 11.8 Å². The number of hydrogen-bond acceptors (Lipinski definition) is 6. The van der Waals surface area contributed by atoms with Crippen molar-refractivity contribution in [1.29, 1.82) is 0 Å². The fourth-order valence-corrected chi connectivity index (χ4v) is 3.12. The zero-order chi connectivity index (χ0) is 24.2. The molecule has 0 heterocycles. The quantitative estimate of drug-likeness (QED) is 0.246. The molecular weight excluding hydrogens is 454 g/mol. The van der Waals surface area contributed by atoms with Crippen molar-refractivity contribution in [3.05, 3.63) is 84.4 Å². The second kappa shape index (κ2) is 12.9. The molecule has 34 heavy (non-hydrogen) atoms. The Morgan fingerprint density at radius 2 is 1.47 bits per heavy atom. The number of rotatable bonds is 9. The highest BCUT2D eigenvalue weighted by Gasteiger charge is 2.14. The molecule has 8 nitrogen and oxygen atoms in total. The predicted octanol–water partition coefficient (Wildman–Crippen LogP) is 3.09. The molecule has 2 amide bonds. The average molecular weight is 480 g/mol. The van der Waals surface area contributed by atoms with Crippen molar-refractivity contribution in [1.82, 2.24) is 16.2 Å². The van der Waals surface area contributed by atoms with Crippen molar-refractivity contribution in [2.45, 2.75) is 0 Å². The predicted molar refractivity (Wildman–Crippen MR) is 133 cm³/mol. The summed E-state index contributed by atoms with van der Waals surface area (Å²) in [6, 6.07) is 23.9. The van der Waals surface area contributed by atoms with E-state index in [1.165, 1.54) is 0 Å². The topological polar surface area (TPSA) is 97.9 Å². The maximum absolute atomic E-state index is 12.5. The molecule has 0 unspecified atom stereocenters. The number of para-hydroxylation sites is 2. The van der Waals surface area contributed by atoms with Crippen LogP contribution in [0.2, 0.25) is 0 Å². The molecule has 0 bridgehead atoms. The maximum Gasteiger partial charge on any atom is 0.276 e. The normalized spacial score (nSPS) is 10.1. The smallest absolute Gasteiger partial charge is 0.276 e. The number of carbonyl (C=O) groups is 2. The molecule has 3 N–H and O–H groups in total. The van der Waals surface area contributed by atoms with Crippen molar-refractivity contribution < 1.29 is 23.8 Å². The van der Waals surface area contributed by atoms with E-state index in [1.54, 1.807) is 37.4 Å². The van der Waals surface area contributed by atoms with Gasteiger partial charge in [0.1, 0.15) is 18.1 Å². The van der Waals surface area contributed by atoms with Gasteiger partial charge in [-0.25, -0.2) is 0 Å². The Morgan fingerprint density at radius 1 is 0.794 bits per heavy atom. The second-order valence-corrected chi connectivity index (χ2v) is 7.35. The molecule has 0 atom stereocenters. The van der Waals surface area contributed by atoms with Crippen molar-refractivity contribution in [2.24, 2.45) is 0 Å². The monoisotopic (exact) mass is 479 g/mol. The number of hydrazine groups is 1. The third-order valence-corrected chi connectivity index (χ3v) is 4.75.